The summed E-state index contributed by atoms with van der Waals surface area (Å²) in [6.07, 6.45) is 2.01. The number of aromatic nitrogens is 2. The highest BCUT2D eigenvalue weighted by Crippen LogP contribution is 2.15. The lowest BCUT2D eigenvalue weighted by Gasteiger charge is -2.16. The molecule has 0 N–H and O–H groups in total. The van der Waals surface area contributed by atoms with Crippen molar-refractivity contribution < 1.29 is 0 Å². The highest BCUT2D eigenvalue weighted by atomic mass is 79.9. The Hall–Kier alpha value is -0.640. The highest BCUT2D eigenvalue weighted by molar-refractivity contribution is 9.10. The Kier molecular flexibility index (Phi) is 4.32. The second kappa shape index (κ2) is 5.29. The monoisotopic (exact) mass is 257 g/mol. The minimum atomic E-state index is 0.867. The van der Waals surface area contributed by atoms with Gasteiger partial charge in [0.25, 0.3) is 0 Å². The molecule has 0 spiro atoms. The summed E-state index contributed by atoms with van der Waals surface area (Å²) >= 11 is 3.40. The topological polar surface area (TPSA) is 29.0 Å². The van der Waals surface area contributed by atoms with Crippen LogP contribution >= 0.6 is 15.9 Å². The number of nitrogens with zero attached hydrogens (tertiary/aromatic N) is 3. The molecule has 0 saturated carbocycles. The van der Waals surface area contributed by atoms with Crippen LogP contribution in [0.15, 0.2) is 10.7 Å². The van der Waals surface area contributed by atoms with Crippen molar-refractivity contribution in [3.63, 3.8) is 0 Å². The molecule has 0 radical (unpaired) electrons. The van der Waals surface area contributed by atoms with Crippen LogP contribution in [0.1, 0.15) is 26.1 Å². The minimum Gasteiger partial charge on any atom is -0.360 e. The first-order valence-electron chi connectivity index (χ1n) is 4.92. The lowest BCUT2D eigenvalue weighted by atomic mass is 10.3. The standard InChI is InChI=1S/C10H16BrN3/c1-4-6-9-12-8(11)7-10(13-9)14(3)5-2/h7H,4-6H2,1-3H3. The molecule has 4 heteroatoms. The van der Waals surface area contributed by atoms with Gasteiger partial charge in [-0.1, -0.05) is 6.92 Å². The van der Waals surface area contributed by atoms with E-state index in [1.54, 1.807) is 0 Å². The maximum absolute atomic E-state index is 4.48. The predicted octanol–water partition coefficient (Wildman–Crippen LogP) is 2.65. The fraction of sp³-hybridized carbons (Fsp3) is 0.600. The first kappa shape index (κ1) is 11.4. The number of anilines is 1. The molecule has 1 aromatic rings. The molecule has 0 aromatic carbocycles. The summed E-state index contributed by atoms with van der Waals surface area (Å²) in [6.45, 7) is 5.19. The van der Waals surface area contributed by atoms with E-state index in [9.17, 15) is 0 Å². The predicted molar refractivity (Wildman–Crippen MR) is 62.7 cm³/mol. The number of hydrogen-bond acceptors (Lipinski definition) is 3. The molecule has 0 aliphatic rings. The molecule has 0 atom stereocenters. The van der Waals surface area contributed by atoms with Gasteiger partial charge in [-0.25, -0.2) is 9.97 Å². The van der Waals surface area contributed by atoms with Crippen molar-refractivity contribution in [3.05, 3.63) is 16.5 Å². The van der Waals surface area contributed by atoms with Crippen LogP contribution in [-0.2, 0) is 6.42 Å². The quantitative estimate of drug-likeness (QED) is 0.777. The Bertz CT molecular complexity index is 301. The van der Waals surface area contributed by atoms with Gasteiger partial charge < -0.3 is 4.90 Å². The summed E-state index contributed by atoms with van der Waals surface area (Å²) in [5.41, 5.74) is 0. The summed E-state index contributed by atoms with van der Waals surface area (Å²) < 4.78 is 0.867. The Morgan fingerprint density at radius 3 is 2.64 bits per heavy atom. The SMILES string of the molecule is CCCc1nc(Br)cc(N(C)CC)n1. The van der Waals surface area contributed by atoms with Crippen LogP contribution in [0.2, 0.25) is 0 Å². The largest absolute Gasteiger partial charge is 0.360 e. The Morgan fingerprint density at radius 2 is 2.07 bits per heavy atom. The zero-order valence-corrected chi connectivity index (χ0v) is 10.5. The molecular weight excluding hydrogens is 242 g/mol. The third-order valence-electron chi connectivity index (χ3n) is 2.07. The zero-order valence-electron chi connectivity index (χ0n) is 8.92. The second-order valence-electron chi connectivity index (χ2n) is 3.23. The summed E-state index contributed by atoms with van der Waals surface area (Å²) in [4.78, 5) is 10.9. The molecule has 0 aliphatic heterocycles. The Labute approximate surface area is 93.7 Å². The van der Waals surface area contributed by atoms with Gasteiger partial charge in [0.15, 0.2) is 0 Å². The third kappa shape index (κ3) is 2.94. The van der Waals surface area contributed by atoms with Crippen molar-refractivity contribution >= 4 is 21.7 Å². The first-order chi connectivity index (χ1) is 6.67. The molecule has 1 rings (SSSR count). The number of rotatable bonds is 4. The average molecular weight is 258 g/mol. The van der Waals surface area contributed by atoms with E-state index in [-0.39, 0.29) is 0 Å². The fourth-order valence-electron chi connectivity index (χ4n) is 1.14. The molecule has 0 fully saturated rings. The molecule has 14 heavy (non-hydrogen) atoms. The van der Waals surface area contributed by atoms with Gasteiger partial charge in [0, 0.05) is 26.1 Å². The van der Waals surface area contributed by atoms with Crippen LogP contribution in [0.25, 0.3) is 0 Å². The van der Waals surface area contributed by atoms with Crippen molar-refractivity contribution in [2.45, 2.75) is 26.7 Å². The first-order valence-corrected chi connectivity index (χ1v) is 5.71. The van der Waals surface area contributed by atoms with E-state index in [0.29, 0.717) is 0 Å². The van der Waals surface area contributed by atoms with Gasteiger partial charge in [-0.05, 0) is 29.3 Å². The summed E-state index contributed by atoms with van der Waals surface area (Å²) in [5, 5.41) is 0. The lowest BCUT2D eigenvalue weighted by molar-refractivity contribution is 0.813. The van der Waals surface area contributed by atoms with E-state index in [1.807, 2.05) is 13.1 Å². The van der Waals surface area contributed by atoms with Crippen molar-refractivity contribution in [2.24, 2.45) is 0 Å². The lowest BCUT2D eigenvalue weighted by Crippen LogP contribution is -2.18. The molecule has 3 nitrogen and oxygen atoms in total. The van der Waals surface area contributed by atoms with Gasteiger partial charge >= 0.3 is 0 Å². The highest BCUT2D eigenvalue weighted by Gasteiger charge is 2.04. The van der Waals surface area contributed by atoms with Gasteiger partial charge in [0.2, 0.25) is 0 Å². The van der Waals surface area contributed by atoms with Crippen LogP contribution in [-0.4, -0.2) is 23.6 Å². The molecule has 0 saturated heterocycles. The van der Waals surface area contributed by atoms with E-state index < -0.39 is 0 Å². The average Bonchev–Trinajstić information content (AvgIpc) is 2.16. The Morgan fingerprint density at radius 1 is 1.36 bits per heavy atom. The van der Waals surface area contributed by atoms with Crippen LogP contribution in [0, 0.1) is 0 Å². The van der Waals surface area contributed by atoms with Crippen LogP contribution in [0.3, 0.4) is 0 Å². The van der Waals surface area contributed by atoms with Crippen LogP contribution in [0.5, 0.6) is 0 Å². The molecule has 78 valence electrons. The van der Waals surface area contributed by atoms with E-state index in [4.69, 9.17) is 0 Å². The second-order valence-corrected chi connectivity index (χ2v) is 4.04. The summed E-state index contributed by atoms with van der Waals surface area (Å²) in [7, 11) is 2.03. The molecule has 1 heterocycles. The molecule has 0 unspecified atom stereocenters. The molecule has 0 amide bonds. The van der Waals surface area contributed by atoms with Crippen molar-refractivity contribution in [2.75, 3.05) is 18.5 Å². The Balaban J connectivity index is 2.94. The third-order valence-corrected chi connectivity index (χ3v) is 2.47. The zero-order chi connectivity index (χ0) is 10.6. The van der Waals surface area contributed by atoms with Gasteiger partial charge in [-0.15, -0.1) is 0 Å². The van der Waals surface area contributed by atoms with Crippen LogP contribution in [0.4, 0.5) is 5.82 Å². The molecular formula is C10H16BrN3. The molecule has 0 aliphatic carbocycles. The molecule has 1 aromatic heterocycles. The van der Waals surface area contributed by atoms with Crippen molar-refractivity contribution in [1.29, 1.82) is 0 Å². The van der Waals surface area contributed by atoms with Crippen LogP contribution < -0.4 is 4.90 Å². The number of aryl methyl sites for hydroxylation is 1. The number of halogens is 1. The van der Waals surface area contributed by atoms with Gasteiger partial charge in [0.1, 0.15) is 16.2 Å². The van der Waals surface area contributed by atoms with E-state index >= 15 is 0 Å². The normalized spacial score (nSPS) is 10.3. The minimum absolute atomic E-state index is 0.867. The maximum atomic E-state index is 4.48. The van der Waals surface area contributed by atoms with Crippen molar-refractivity contribution in [3.8, 4) is 0 Å². The van der Waals surface area contributed by atoms with Gasteiger partial charge in [0.05, 0.1) is 0 Å². The number of hydrogen-bond donors (Lipinski definition) is 0. The van der Waals surface area contributed by atoms with E-state index in [0.717, 1.165) is 35.6 Å². The van der Waals surface area contributed by atoms with Gasteiger partial charge in [-0.2, -0.15) is 0 Å². The fourth-order valence-corrected chi connectivity index (χ4v) is 1.55. The summed E-state index contributed by atoms with van der Waals surface area (Å²) in [5.74, 6) is 1.90. The smallest absolute Gasteiger partial charge is 0.133 e. The molecule has 0 bridgehead atoms. The summed E-state index contributed by atoms with van der Waals surface area (Å²) in [6, 6.07) is 1.95. The van der Waals surface area contributed by atoms with Crippen molar-refractivity contribution in [1.82, 2.24) is 9.97 Å². The van der Waals surface area contributed by atoms with Gasteiger partial charge in [-0.3, -0.25) is 0 Å². The maximum Gasteiger partial charge on any atom is 0.133 e. The van der Waals surface area contributed by atoms with E-state index in [1.165, 1.54) is 0 Å². The van der Waals surface area contributed by atoms with E-state index in [2.05, 4.69) is 44.6 Å².